The Morgan fingerprint density at radius 2 is 2.33 bits per heavy atom. The van der Waals surface area contributed by atoms with Crippen molar-refractivity contribution in [2.24, 2.45) is 5.41 Å². The third kappa shape index (κ3) is 3.01. The van der Waals surface area contributed by atoms with Gasteiger partial charge in [0.15, 0.2) is 10.8 Å². The topological polar surface area (TPSA) is 68.0 Å². The molecule has 0 amide bonds. The van der Waals surface area contributed by atoms with E-state index < -0.39 is 5.97 Å². The number of pyridine rings is 1. The summed E-state index contributed by atoms with van der Waals surface area (Å²) in [7, 11) is 0. The van der Waals surface area contributed by atoms with E-state index in [1.54, 1.807) is 12.3 Å². The number of hydrogen-bond acceptors (Lipinski definition) is 4. The number of carboxylic acids is 1. The van der Waals surface area contributed by atoms with Gasteiger partial charge in [-0.15, -0.1) is 0 Å². The highest BCUT2D eigenvalue weighted by Gasteiger charge is 2.41. The maximum Gasteiger partial charge on any atom is 0.313 e. The highest BCUT2D eigenvalue weighted by atomic mass is 35.5. The van der Waals surface area contributed by atoms with Crippen LogP contribution in [0.2, 0.25) is 5.02 Å². The summed E-state index contributed by atoms with van der Waals surface area (Å²) >= 11 is 7.20. The highest BCUT2D eigenvalue weighted by Crippen LogP contribution is 2.50. The summed E-state index contributed by atoms with van der Waals surface area (Å²) in [6.45, 7) is 3.04. The third-order valence-corrected chi connectivity index (χ3v) is 5.21. The molecule has 1 saturated carbocycles. The molecule has 2 aromatic heterocycles. The monoisotopic (exact) mass is 325 g/mol. The minimum atomic E-state index is -0.846. The lowest BCUT2D eigenvalue weighted by molar-refractivity contribution is -0.133. The van der Waals surface area contributed by atoms with Gasteiger partial charge in [-0.05, 0) is 30.7 Å². The van der Waals surface area contributed by atoms with E-state index >= 15 is 0 Å². The number of hydrogen-bond donors (Lipinski definition) is 1. The Morgan fingerprint density at radius 3 is 2.95 bits per heavy atom. The molecule has 21 heavy (non-hydrogen) atoms. The fourth-order valence-corrected chi connectivity index (χ4v) is 3.35. The van der Waals surface area contributed by atoms with Crippen LogP contribution in [0.25, 0.3) is 11.2 Å². The lowest BCUT2D eigenvalue weighted by Crippen LogP contribution is -2.12. The SMILES string of the molecule is CCC1(Cn2c(SCC(=O)O)nc3cc(Cl)cnc32)CC1. The summed E-state index contributed by atoms with van der Waals surface area (Å²) in [4.78, 5) is 19.7. The molecular weight excluding hydrogens is 310 g/mol. The van der Waals surface area contributed by atoms with Gasteiger partial charge < -0.3 is 9.67 Å². The molecule has 1 aliphatic rings. The fourth-order valence-electron chi connectivity index (χ4n) is 2.48. The maximum atomic E-state index is 10.8. The van der Waals surface area contributed by atoms with Crippen molar-refractivity contribution in [3.8, 4) is 0 Å². The zero-order valence-electron chi connectivity index (χ0n) is 11.7. The van der Waals surface area contributed by atoms with E-state index in [-0.39, 0.29) is 5.75 Å². The lowest BCUT2D eigenvalue weighted by Gasteiger charge is -2.15. The number of rotatable bonds is 6. The molecule has 0 bridgehead atoms. The van der Waals surface area contributed by atoms with Gasteiger partial charge in [0.25, 0.3) is 0 Å². The predicted molar refractivity (Wildman–Crippen MR) is 82.9 cm³/mol. The summed E-state index contributed by atoms with van der Waals surface area (Å²) in [5, 5.41) is 10.1. The van der Waals surface area contributed by atoms with Gasteiger partial charge in [0.1, 0.15) is 5.52 Å². The maximum absolute atomic E-state index is 10.8. The molecule has 1 N–H and O–H groups in total. The Bertz CT molecular complexity index is 697. The number of nitrogens with zero attached hydrogens (tertiary/aromatic N) is 3. The second-order valence-corrected chi connectivity index (χ2v) is 6.89. The normalized spacial score (nSPS) is 16.3. The standard InChI is InChI=1S/C14H16ClN3O2S/c1-2-14(3-4-14)8-18-12-10(5-9(15)6-16-12)17-13(18)21-7-11(19)20/h5-6H,2-4,7-8H2,1H3,(H,19,20). The Labute approximate surface area is 131 Å². The van der Waals surface area contributed by atoms with Crippen molar-refractivity contribution in [1.82, 2.24) is 14.5 Å². The van der Waals surface area contributed by atoms with E-state index in [9.17, 15) is 4.79 Å². The van der Waals surface area contributed by atoms with Crippen molar-refractivity contribution in [3.63, 3.8) is 0 Å². The molecule has 5 nitrogen and oxygen atoms in total. The minimum Gasteiger partial charge on any atom is -0.481 e. The molecule has 0 unspecified atom stereocenters. The summed E-state index contributed by atoms with van der Waals surface area (Å²) in [6.07, 6.45) is 5.14. The van der Waals surface area contributed by atoms with Gasteiger partial charge in [0.2, 0.25) is 0 Å². The van der Waals surface area contributed by atoms with Crippen LogP contribution in [0.5, 0.6) is 0 Å². The number of imidazole rings is 1. The van der Waals surface area contributed by atoms with Crippen molar-refractivity contribution in [3.05, 3.63) is 17.3 Å². The third-order valence-electron chi connectivity index (χ3n) is 4.04. The molecule has 3 rings (SSSR count). The zero-order chi connectivity index (χ0) is 15.0. The van der Waals surface area contributed by atoms with Crippen LogP contribution in [0.3, 0.4) is 0 Å². The van der Waals surface area contributed by atoms with Crippen molar-refractivity contribution in [2.75, 3.05) is 5.75 Å². The van der Waals surface area contributed by atoms with Crippen LogP contribution in [0.1, 0.15) is 26.2 Å². The average Bonchev–Trinajstić information content (AvgIpc) is 3.14. The van der Waals surface area contributed by atoms with Crippen LogP contribution in [-0.4, -0.2) is 31.4 Å². The van der Waals surface area contributed by atoms with E-state index in [1.807, 2.05) is 0 Å². The summed E-state index contributed by atoms with van der Waals surface area (Å²) < 4.78 is 2.05. The average molecular weight is 326 g/mol. The smallest absolute Gasteiger partial charge is 0.313 e. The number of aliphatic carboxylic acids is 1. The Hall–Kier alpha value is -1.27. The van der Waals surface area contributed by atoms with Crippen molar-refractivity contribution in [1.29, 1.82) is 0 Å². The summed E-state index contributed by atoms with van der Waals surface area (Å²) in [5.74, 6) is -0.850. The molecule has 0 aliphatic heterocycles. The van der Waals surface area contributed by atoms with Gasteiger partial charge in [-0.3, -0.25) is 4.79 Å². The molecule has 0 saturated heterocycles. The molecule has 0 atom stereocenters. The molecule has 2 heterocycles. The first-order valence-corrected chi connectivity index (χ1v) is 8.26. The van der Waals surface area contributed by atoms with Gasteiger partial charge >= 0.3 is 5.97 Å². The van der Waals surface area contributed by atoms with Crippen molar-refractivity contribution < 1.29 is 9.90 Å². The van der Waals surface area contributed by atoms with Crippen molar-refractivity contribution >= 4 is 40.5 Å². The first-order chi connectivity index (χ1) is 10.0. The van der Waals surface area contributed by atoms with Gasteiger partial charge in [-0.1, -0.05) is 30.3 Å². The second-order valence-electron chi connectivity index (χ2n) is 5.51. The number of fused-ring (bicyclic) bond motifs is 1. The molecule has 0 aromatic carbocycles. The molecule has 2 aromatic rings. The largest absolute Gasteiger partial charge is 0.481 e. The Kier molecular flexibility index (Phi) is 3.84. The number of halogens is 1. The molecular formula is C14H16ClN3O2S. The van der Waals surface area contributed by atoms with Gasteiger partial charge in [0.05, 0.1) is 10.8 Å². The zero-order valence-corrected chi connectivity index (χ0v) is 13.2. The van der Waals surface area contributed by atoms with E-state index in [4.69, 9.17) is 16.7 Å². The van der Waals surface area contributed by atoms with E-state index in [0.29, 0.717) is 15.6 Å². The Balaban J connectivity index is 2.00. The van der Waals surface area contributed by atoms with E-state index in [2.05, 4.69) is 21.5 Å². The summed E-state index contributed by atoms with van der Waals surface area (Å²) in [6, 6.07) is 1.77. The van der Waals surface area contributed by atoms with Crippen molar-refractivity contribution in [2.45, 2.75) is 37.9 Å². The Morgan fingerprint density at radius 1 is 1.57 bits per heavy atom. The fraction of sp³-hybridized carbons (Fsp3) is 0.500. The van der Waals surface area contributed by atoms with Crippen LogP contribution in [-0.2, 0) is 11.3 Å². The molecule has 1 fully saturated rings. The second kappa shape index (κ2) is 5.50. The van der Waals surface area contributed by atoms with Gasteiger partial charge in [-0.2, -0.15) is 0 Å². The van der Waals surface area contributed by atoms with Crippen LogP contribution in [0, 0.1) is 5.41 Å². The van der Waals surface area contributed by atoms with E-state index in [0.717, 1.165) is 24.1 Å². The lowest BCUT2D eigenvalue weighted by atomic mass is 10.0. The number of thioether (sulfide) groups is 1. The molecule has 0 spiro atoms. The first kappa shape index (κ1) is 14.7. The molecule has 0 radical (unpaired) electrons. The number of carbonyl (C=O) groups is 1. The summed E-state index contributed by atoms with van der Waals surface area (Å²) in [5.41, 5.74) is 1.84. The first-order valence-electron chi connectivity index (χ1n) is 6.89. The van der Waals surface area contributed by atoms with Crippen LogP contribution in [0.15, 0.2) is 17.4 Å². The van der Waals surface area contributed by atoms with Crippen LogP contribution < -0.4 is 0 Å². The highest BCUT2D eigenvalue weighted by molar-refractivity contribution is 7.99. The van der Waals surface area contributed by atoms with Crippen LogP contribution >= 0.6 is 23.4 Å². The van der Waals surface area contributed by atoms with Gasteiger partial charge in [0, 0.05) is 12.7 Å². The number of aromatic nitrogens is 3. The molecule has 7 heteroatoms. The predicted octanol–water partition coefficient (Wildman–Crippen LogP) is 3.45. The van der Waals surface area contributed by atoms with Crippen LogP contribution in [0.4, 0.5) is 0 Å². The molecule has 112 valence electrons. The minimum absolute atomic E-state index is 0.00379. The van der Waals surface area contributed by atoms with E-state index in [1.165, 1.54) is 24.6 Å². The number of carboxylic acid groups (broad SMARTS) is 1. The van der Waals surface area contributed by atoms with Gasteiger partial charge in [-0.25, -0.2) is 9.97 Å². The molecule has 1 aliphatic carbocycles. The quantitative estimate of drug-likeness (QED) is 0.824.